The summed E-state index contributed by atoms with van der Waals surface area (Å²) in [5.41, 5.74) is -0.223. The first-order chi connectivity index (χ1) is 13.2. The summed E-state index contributed by atoms with van der Waals surface area (Å²) in [5, 5.41) is 11.8. The van der Waals surface area contributed by atoms with Gasteiger partial charge in [-0.25, -0.2) is 0 Å². The molecule has 3 rings (SSSR count). The molecule has 3 heterocycles. The number of nitrogens with zero attached hydrogens (tertiary/aromatic N) is 6. The Kier molecular flexibility index (Phi) is 7.92. The van der Waals surface area contributed by atoms with E-state index in [1.165, 1.54) is 0 Å². The highest BCUT2D eigenvalue weighted by molar-refractivity contribution is 14.0. The third kappa shape index (κ3) is 5.21. The van der Waals surface area contributed by atoms with Crippen LogP contribution in [0.1, 0.15) is 52.7 Å². The molecule has 1 aromatic rings. The summed E-state index contributed by atoms with van der Waals surface area (Å²) in [5.74, 6) is 3.55. The lowest BCUT2D eigenvalue weighted by atomic mass is 9.96. The van der Waals surface area contributed by atoms with Gasteiger partial charge in [-0.05, 0) is 53.9 Å². The van der Waals surface area contributed by atoms with Gasteiger partial charge in [-0.15, -0.1) is 34.2 Å². The van der Waals surface area contributed by atoms with Gasteiger partial charge in [0.05, 0.1) is 12.1 Å². The lowest BCUT2D eigenvalue weighted by Crippen LogP contribution is -2.66. The minimum absolute atomic E-state index is 0. The summed E-state index contributed by atoms with van der Waals surface area (Å²) in [6.07, 6.45) is 2.03. The molecular formula is C20H36IN7O. The van der Waals surface area contributed by atoms with E-state index >= 15 is 0 Å². The van der Waals surface area contributed by atoms with Gasteiger partial charge in [0.15, 0.2) is 5.96 Å². The Morgan fingerprint density at radius 2 is 2.07 bits per heavy atom. The van der Waals surface area contributed by atoms with Crippen molar-refractivity contribution in [3.05, 3.63) is 11.6 Å². The first-order valence-electron chi connectivity index (χ1n) is 10.5. The van der Waals surface area contributed by atoms with Crippen LogP contribution in [-0.2, 0) is 17.8 Å². The van der Waals surface area contributed by atoms with Crippen LogP contribution in [0.4, 0.5) is 0 Å². The largest absolute Gasteiger partial charge is 0.357 e. The van der Waals surface area contributed by atoms with Gasteiger partial charge in [0.2, 0.25) is 5.91 Å². The van der Waals surface area contributed by atoms with Crippen molar-refractivity contribution in [2.24, 2.45) is 10.9 Å². The van der Waals surface area contributed by atoms with Crippen LogP contribution in [0, 0.1) is 12.8 Å². The van der Waals surface area contributed by atoms with Gasteiger partial charge >= 0.3 is 0 Å². The number of nitrogens with one attached hydrogen (secondary N) is 1. The van der Waals surface area contributed by atoms with E-state index < -0.39 is 0 Å². The van der Waals surface area contributed by atoms with Gasteiger partial charge in [0, 0.05) is 38.6 Å². The quantitative estimate of drug-likeness (QED) is 0.376. The monoisotopic (exact) mass is 517 g/mol. The number of halogens is 1. The number of aryl methyl sites for hydroxylation is 2. The lowest BCUT2D eigenvalue weighted by Gasteiger charge is -2.49. The second kappa shape index (κ2) is 9.61. The van der Waals surface area contributed by atoms with E-state index in [0.717, 1.165) is 56.6 Å². The molecule has 0 radical (unpaired) electrons. The summed E-state index contributed by atoms with van der Waals surface area (Å²) >= 11 is 0. The first kappa shape index (κ1) is 23.9. The van der Waals surface area contributed by atoms with Gasteiger partial charge in [-0.1, -0.05) is 0 Å². The molecule has 0 bridgehead atoms. The molecule has 0 spiro atoms. The summed E-state index contributed by atoms with van der Waals surface area (Å²) in [6.45, 7) is 16.1. The molecule has 29 heavy (non-hydrogen) atoms. The fourth-order valence-electron chi connectivity index (χ4n) is 4.63. The number of carbonyl (C=O) groups excluding carboxylic acids is 1. The van der Waals surface area contributed by atoms with Crippen molar-refractivity contribution >= 4 is 35.8 Å². The van der Waals surface area contributed by atoms with E-state index in [0.29, 0.717) is 12.5 Å². The van der Waals surface area contributed by atoms with E-state index in [-0.39, 0.29) is 41.5 Å². The lowest BCUT2D eigenvalue weighted by molar-refractivity contribution is -0.145. The summed E-state index contributed by atoms with van der Waals surface area (Å²) in [4.78, 5) is 21.8. The van der Waals surface area contributed by atoms with Crippen LogP contribution in [0.2, 0.25) is 0 Å². The molecule has 1 N–H and O–H groups in total. The van der Waals surface area contributed by atoms with Crippen molar-refractivity contribution in [1.29, 1.82) is 0 Å². The summed E-state index contributed by atoms with van der Waals surface area (Å²) in [6, 6.07) is 0.202. The van der Waals surface area contributed by atoms with Crippen LogP contribution in [-0.4, -0.2) is 74.2 Å². The number of hydrogen-bond donors (Lipinski definition) is 1. The Bertz CT molecular complexity index is 743. The number of aliphatic imine (C=N–C) groups is 1. The number of piperazine rings is 1. The average molecular weight is 517 g/mol. The average Bonchev–Trinajstić information content (AvgIpc) is 2.97. The smallest absolute Gasteiger partial charge is 0.242 e. The maximum atomic E-state index is 12.8. The molecule has 1 atom stereocenters. The molecule has 1 fully saturated rings. The van der Waals surface area contributed by atoms with E-state index in [4.69, 9.17) is 4.99 Å². The molecule has 1 unspecified atom stereocenters. The minimum Gasteiger partial charge on any atom is -0.357 e. The number of rotatable bonds is 4. The van der Waals surface area contributed by atoms with E-state index in [9.17, 15) is 4.79 Å². The van der Waals surface area contributed by atoms with Crippen LogP contribution >= 0.6 is 24.0 Å². The summed E-state index contributed by atoms with van der Waals surface area (Å²) in [7, 11) is 0. The van der Waals surface area contributed by atoms with Crippen molar-refractivity contribution in [2.75, 3.05) is 26.2 Å². The molecule has 0 aromatic carbocycles. The van der Waals surface area contributed by atoms with E-state index in [1.54, 1.807) is 0 Å². The first-order valence-corrected chi connectivity index (χ1v) is 10.5. The van der Waals surface area contributed by atoms with E-state index in [2.05, 4.69) is 59.6 Å². The molecule has 2 aliphatic heterocycles. The molecule has 164 valence electrons. The van der Waals surface area contributed by atoms with Crippen molar-refractivity contribution in [1.82, 2.24) is 29.9 Å². The Labute approximate surface area is 191 Å². The molecular weight excluding hydrogens is 481 g/mol. The van der Waals surface area contributed by atoms with Crippen LogP contribution in [0.15, 0.2) is 4.99 Å². The molecule has 8 nitrogen and oxygen atoms in total. The maximum absolute atomic E-state index is 12.8. The van der Waals surface area contributed by atoms with Crippen LogP contribution < -0.4 is 5.32 Å². The fraction of sp³-hybridized carbons (Fsp3) is 0.800. The van der Waals surface area contributed by atoms with Gasteiger partial charge < -0.3 is 19.7 Å². The van der Waals surface area contributed by atoms with Crippen molar-refractivity contribution in [3.63, 3.8) is 0 Å². The summed E-state index contributed by atoms with van der Waals surface area (Å²) < 4.78 is 2.21. The number of aromatic nitrogens is 3. The number of hydrogen-bond acceptors (Lipinski definition) is 4. The highest BCUT2D eigenvalue weighted by Crippen LogP contribution is 2.25. The number of carbonyl (C=O) groups is 1. The Morgan fingerprint density at radius 3 is 2.69 bits per heavy atom. The highest BCUT2D eigenvalue weighted by atomic mass is 127. The zero-order valence-electron chi connectivity index (χ0n) is 18.6. The van der Waals surface area contributed by atoms with Crippen molar-refractivity contribution in [2.45, 2.75) is 72.5 Å². The fourth-order valence-corrected chi connectivity index (χ4v) is 4.63. The van der Waals surface area contributed by atoms with Crippen LogP contribution in [0.3, 0.4) is 0 Å². The molecule has 2 aliphatic rings. The normalized spacial score (nSPS) is 21.8. The minimum atomic E-state index is -0.223. The van der Waals surface area contributed by atoms with Crippen LogP contribution in [0.25, 0.3) is 0 Å². The third-order valence-corrected chi connectivity index (χ3v) is 5.70. The maximum Gasteiger partial charge on any atom is 0.242 e. The van der Waals surface area contributed by atoms with E-state index in [1.807, 2.05) is 11.8 Å². The van der Waals surface area contributed by atoms with Gasteiger partial charge in [-0.2, -0.15) is 0 Å². The second-order valence-electron chi connectivity index (χ2n) is 8.90. The standard InChI is InChI=1S/C20H35N7O.HI/c1-7-21-19(25-12-18(28)27(14(2)3)20(5,6)13-25)22-10-16-8-9-17-24-23-15(4)26(17)11-16;/h14,16H,7-13H2,1-6H3,(H,21,22);1H. The number of amides is 1. The zero-order valence-corrected chi connectivity index (χ0v) is 20.9. The number of fused-ring (bicyclic) bond motifs is 1. The predicted molar refractivity (Wildman–Crippen MR) is 126 cm³/mol. The zero-order chi connectivity index (χ0) is 20.5. The van der Waals surface area contributed by atoms with Gasteiger partial charge in [0.25, 0.3) is 0 Å². The predicted octanol–water partition coefficient (Wildman–Crippen LogP) is 2.06. The third-order valence-electron chi connectivity index (χ3n) is 5.70. The van der Waals surface area contributed by atoms with Gasteiger partial charge in [0.1, 0.15) is 11.6 Å². The molecule has 9 heteroatoms. The molecule has 1 amide bonds. The Balaban J connectivity index is 0.00000300. The molecule has 1 aromatic heterocycles. The van der Waals surface area contributed by atoms with Crippen molar-refractivity contribution < 1.29 is 4.79 Å². The second-order valence-corrected chi connectivity index (χ2v) is 8.90. The topological polar surface area (TPSA) is 78.6 Å². The number of guanidine groups is 1. The van der Waals surface area contributed by atoms with Crippen LogP contribution in [0.5, 0.6) is 0 Å². The van der Waals surface area contributed by atoms with Gasteiger partial charge in [-0.3, -0.25) is 9.79 Å². The SMILES string of the molecule is CCNC(=NCC1CCc2nnc(C)n2C1)N1CC(=O)N(C(C)C)C(C)(C)C1.I. The molecule has 1 saturated heterocycles. The molecule has 0 saturated carbocycles. The Morgan fingerprint density at radius 1 is 1.34 bits per heavy atom. The van der Waals surface area contributed by atoms with Crippen molar-refractivity contribution in [3.8, 4) is 0 Å². The Hall–Kier alpha value is -1.39. The molecule has 0 aliphatic carbocycles. The highest BCUT2D eigenvalue weighted by Gasteiger charge is 2.40.